The van der Waals surface area contributed by atoms with Crippen LogP contribution in [0, 0.1) is 0 Å². The minimum absolute atomic E-state index is 0.00578. The first kappa shape index (κ1) is 18.1. The van der Waals surface area contributed by atoms with E-state index in [4.69, 9.17) is 4.74 Å². The number of nitrogens with one attached hydrogen (secondary N) is 1. The highest BCUT2D eigenvalue weighted by Gasteiger charge is 2.37. The maximum Gasteiger partial charge on any atom is 0.260 e. The Morgan fingerprint density at radius 2 is 1.64 bits per heavy atom. The lowest BCUT2D eigenvalue weighted by atomic mass is 10.1. The number of para-hydroxylation sites is 1. The van der Waals surface area contributed by atoms with Crippen LogP contribution in [0.2, 0.25) is 0 Å². The molecule has 1 aliphatic heterocycles. The van der Waals surface area contributed by atoms with Crippen molar-refractivity contribution in [3.8, 4) is 5.75 Å². The summed E-state index contributed by atoms with van der Waals surface area (Å²) >= 11 is 0. The summed E-state index contributed by atoms with van der Waals surface area (Å²) in [5.74, 6) is 0.808. The van der Waals surface area contributed by atoms with Gasteiger partial charge in [0.05, 0.1) is 6.61 Å². The number of rotatable bonds is 6. The zero-order valence-electron chi connectivity index (χ0n) is 16.2. The van der Waals surface area contributed by atoms with Gasteiger partial charge >= 0.3 is 0 Å². The second kappa shape index (κ2) is 7.77. The van der Waals surface area contributed by atoms with Crippen molar-refractivity contribution in [2.45, 2.75) is 26.4 Å². The standard InChI is InChI=1S/C24H24N2O2/c1-3-17-9-5-8-12-22(17)25-23-20-10-6-7-11-21(20)24(27)26(23)18-13-15-19(16-14-18)28-4-2/h5-16,23,25H,3-4H2,1-2H3/t23-/m0/s1. The van der Waals surface area contributed by atoms with Crippen LogP contribution in [0.3, 0.4) is 0 Å². The second-order valence-electron chi connectivity index (χ2n) is 6.75. The van der Waals surface area contributed by atoms with Crippen LogP contribution in [-0.2, 0) is 6.42 Å². The van der Waals surface area contributed by atoms with Gasteiger partial charge in [0.25, 0.3) is 5.91 Å². The molecule has 0 radical (unpaired) electrons. The van der Waals surface area contributed by atoms with E-state index in [1.807, 2.05) is 72.5 Å². The molecule has 1 amide bonds. The first-order valence-corrected chi connectivity index (χ1v) is 9.72. The van der Waals surface area contributed by atoms with E-state index < -0.39 is 0 Å². The normalized spacial score (nSPS) is 15.4. The number of carbonyl (C=O) groups is 1. The zero-order chi connectivity index (χ0) is 19.5. The molecule has 4 heteroatoms. The largest absolute Gasteiger partial charge is 0.494 e. The van der Waals surface area contributed by atoms with Crippen molar-refractivity contribution >= 4 is 17.3 Å². The van der Waals surface area contributed by atoms with E-state index in [1.165, 1.54) is 5.56 Å². The summed E-state index contributed by atoms with van der Waals surface area (Å²) in [6.45, 7) is 4.71. The Balaban J connectivity index is 1.74. The van der Waals surface area contributed by atoms with Gasteiger partial charge in [0.1, 0.15) is 11.9 Å². The average molecular weight is 372 g/mol. The molecule has 142 valence electrons. The van der Waals surface area contributed by atoms with Crippen molar-refractivity contribution in [3.63, 3.8) is 0 Å². The Morgan fingerprint density at radius 1 is 0.929 bits per heavy atom. The van der Waals surface area contributed by atoms with Crippen molar-refractivity contribution in [1.29, 1.82) is 0 Å². The molecule has 3 aromatic carbocycles. The summed E-state index contributed by atoms with van der Waals surface area (Å²) < 4.78 is 5.55. The van der Waals surface area contributed by atoms with Crippen LogP contribution in [-0.4, -0.2) is 12.5 Å². The van der Waals surface area contributed by atoms with E-state index in [-0.39, 0.29) is 12.1 Å². The third-order valence-corrected chi connectivity index (χ3v) is 5.08. The van der Waals surface area contributed by atoms with Gasteiger partial charge < -0.3 is 10.1 Å². The molecule has 0 aromatic heterocycles. The number of ether oxygens (including phenoxy) is 1. The van der Waals surface area contributed by atoms with E-state index in [0.29, 0.717) is 6.61 Å². The van der Waals surface area contributed by atoms with Crippen LogP contribution < -0.4 is 15.0 Å². The molecule has 4 nitrogen and oxygen atoms in total. The number of aryl methyl sites for hydroxylation is 1. The van der Waals surface area contributed by atoms with E-state index in [2.05, 4.69) is 24.4 Å². The van der Waals surface area contributed by atoms with Crippen LogP contribution in [0.4, 0.5) is 11.4 Å². The Hall–Kier alpha value is -3.27. The number of hydrogen-bond donors (Lipinski definition) is 1. The van der Waals surface area contributed by atoms with Gasteiger partial charge in [0.15, 0.2) is 0 Å². The summed E-state index contributed by atoms with van der Waals surface area (Å²) in [4.78, 5) is 15.0. The summed E-state index contributed by atoms with van der Waals surface area (Å²) in [7, 11) is 0. The van der Waals surface area contributed by atoms with Gasteiger partial charge in [-0.05, 0) is 55.3 Å². The molecule has 4 rings (SSSR count). The van der Waals surface area contributed by atoms with Gasteiger partial charge in [0.2, 0.25) is 0 Å². The average Bonchev–Trinajstić information content (AvgIpc) is 3.01. The number of nitrogens with zero attached hydrogens (tertiary/aromatic N) is 1. The minimum Gasteiger partial charge on any atom is -0.494 e. The quantitative estimate of drug-likeness (QED) is 0.628. The van der Waals surface area contributed by atoms with E-state index in [0.717, 1.165) is 34.7 Å². The third-order valence-electron chi connectivity index (χ3n) is 5.08. The van der Waals surface area contributed by atoms with Crippen LogP contribution in [0.15, 0.2) is 72.8 Å². The van der Waals surface area contributed by atoms with Gasteiger partial charge in [0, 0.05) is 22.5 Å². The molecule has 1 aliphatic rings. The predicted molar refractivity (Wildman–Crippen MR) is 113 cm³/mol. The number of hydrogen-bond acceptors (Lipinski definition) is 3. The highest BCUT2D eigenvalue weighted by atomic mass is 16.5. The van der Waals surface area contributed by atoms with Gasteiger partial charge in [-0.2, -0.15) is 0 Å². The van der Waals surface area contributed by atoms with Gasteiger partial charge in [-0.25, -0.2) is 0 Å². The number of carbonyl (C=O) groups excluding carboxylic acids is 1. The van der Waals surface area contributed by atoms with Crippen molar-refractivity contribution in [2.75, 3.05) is 16.8 Å². The van der Waals surface area contributed by atoms with Crippen molar-refractivity contribution in [3.05, 3.63) is 89.5 Å². The molecule has 0 fully saturated rings. The van der Waals surface area contributed by atoms with Gasteiger partial charge in [-0.3, -0.25) is 9.69 Å². The highest BCUT2D eigenvalue weighted by Crippen LogP contribution is 2.39. The first-order chi connectivity index (χ1) is 13.7. The van der Waals surface area contributed by atoms with Crippen molar-refractivity contribution in [1.82, 2.24) is 0 Å². The fourth-order valence-electron chi connectivity index (χ4n) is 3.71. The Kier molecular flexibility index (Phi) is 5.02. The van der Waals surface area contributed by atoms with Crippen LogP contribution >= 0.6 is 0 Å². The van der Waals surface area contributed by atoms with Crippen LogP contribution in [0.25, 0.3) is 0 Å². The van der Waals surface area contributed by atoms with E-state index >= 15 is 0 Å². The van der Waals surface area contributed by atoms with E-state index in [9.17, 15) is 4.79 Å². The maximum absolute atomic E-state index is 13.2. The second-order valence-corrected chi connectivity index (χ2v) is 6.75. The topological polar surface area (TPSA) is 41.6 Å². The molecule has 1 atom stereocenters. The molecule has 1 heterocycles. The van der Waals surface area contributed by atoms with Gasteiger partial charge in [-0.15, -0.1) is 0 Å². The van der Waals surface area contributed by atoms with Crippen LogP contribution in [0.5, 0.6) is 5.75 Å². The van der Waals surface area contributed by atoms with Crippen LogP contribution in [0.1, 0.15) is 41.5 Å². The highest BCUT2D eigenvalue weighted by molar-refractivity contribution is 6.11. The Bertz CT molecular complexity index is 982. The maximum atomic E-state index is 13.2. The smallest absolute Gasteiger partial charge is 0.260 e. The molecular weight excluding hydrogens is 348 g/mol. The molecule has 0 spiro atoms. The molecule has 0 bridgehead atoms. The number of benzene rings is 3. The molecular formula is C24H24N2O2. The lowest BCUT2D eigenvalue weighted by Gasteiger charge is -2.28. The summed E-state index contributed by atoms with van der Waals surface area (Å²) in [5, 5.41) is 3.61. The Morgan fingerprint density at radius 3 is 2.39 bits per heavy atom. The third kappa shape index (κ3) is 3.22. The zero-order valence-corrected chi connectivity index (χ0v) is 16.2. The van der Waals surface area contributed by atoms with Gasteiger partial charge in [-0.1, -0.05) is 43.3 Å². The molecule has 1 N–H and O–H groups in total. The Labute approximate surface area is 165 Å². The lowest BCUT2D eigenvalue weighted by molar-refractivity contribution is 0.0993. The molecule has 0 saturated heterocycles. The minimum atomic E-state index is -0.255. The number of amides is 1. The van der Waals surface area contributed by atoms with E-state index in [1.54, 1.807) is 0 Å². The fraction of sp³-hybridized carbons (Fsp3) is 0.208. The molecule has 0 aliphatic carbocycles. The van der Waals surface area contributed by atoms with Crippen molar-refractivity contribution in [2.24, 2.45) is 0 Å². The summed E-state index contributed by atoms with van der Waals surface area (Å²) in [6, 6.07) is 23.8. The summed E-state index contributed by atoms with van der Waals surface area (Å²) in [6.07, 6.45) is 0.670. The predicted octanol–water partition coefficient (Wildman–Crippen LogP) is 5.42. The molecule has 28 heavy (non-hydrogen) atoms. The molecule has 0 saturated carbocycles. The monoisotopic (exact) mass is 372 g/mol. The molecule has 3 aromatic rings. The SMILES string of the molecule is CCOc1ccc(N2C(=O)c3ccccc3[C@H]2Nc2ccccc2CC)cc1. The number of anilines is 2. The summed E-state index contributed by atoms with van der Waals surface area (Å²) in [5.41, 5.74) is 4.85. The number of fused-ring (bicyclic) bond motifs is 1. The molecule has 0 unspecified atom stereocenters. The van der Waals surface area contributed by atoms with Crippen molar-refractivity contribution < 1.29 is 9.53 Å². The first-order valence-electron chi connectivity index (χ1n) is 9.72. The fourth-order valence-corrected chi connectivity index (χ4v) is 3.71. The lowest BCUT2D eigenvalue weighted by Crippen LogP contribution is -2.32.